The molecule has 5 heterocycles. The van der Waals surface area contributed by atoms with E-state index in [9.17, 15) is 4.79 Å². The lowest BCUT2D eigenvalue weighted by Crippen LogP contribution is -2.37. The van der Waals surface area contributed by atoms with Crippen molar-refractivity contribution in [2.75, 3.05) is 49.9 Å². The number of hydrogen-bond acceptors (Lipinski definition) is 11. The number of rotatable bonds is 6. The van der Waals surface area contributed by atoms with Gasteiger partial charge >= 0.3 is 0 Å². The molecule has 0 saturated carbocycles. The summed E-state index contributed by atoms with van der Waals surface area (Å²) in [6.07, 6.45) is 3.72. The van der Waals surface area contributed by atoms with Crippen LogP contribution in [0.3, 0.4) is 0 Å². The van der Waals surface area contributed by atoms with Gasteiger partial charge in [-0.15, -0.1) is 0 Å². The average molecular weight is 489 g/mol. The normalized spacial score (nSPS) is 14.9. The van der Waals surface area contributed by atoms with Gasteiger partial charge in [0.2, 0.25) is 12.7 Å². The smallest absolute Gasteiger partial charge is 0.231 e. The van der Waals surface area contributed by atoms with Crippen molar-refractivity contribution in [3.8, 4) is 22.9 Å². The SMILES string of the molecule is CN(Cc1nc2c(N3CCOCC3)nc(-c3ccc4c(c3)OCO4)nc2n1C)c1ncc(C=O)cn1. The third-order valence-corrected chi connectivity index (χ3v) is 6.25. The highest BCUT2D eigenvalue weighted by Gasteiger charge is 2.24. The Morgan fingerprint density at radius 3 is 2.61 bits per heavy atom. The van der Waals surface area contributed by atoms with Gasteiger partial charge in [-0.2, -0.15) is 0 Å². The van der Waals surface area contributed by atoms with Crippen molar-refractivity contribution in [1.29, 1.82) is 0 Å². The number of carbonyl (C=O) groups excluding carboxylic acids is 1. The zero-order valence-electron chi connectivity index (χ0n) is 19.9. The largest absolute Gasteiger partial charge is 0.454 e. The first-order valence-electron chi connectivity index (χ1n) is 11.5. The van der Waals surface area contributed by atoms with E-state index in [1.165, 1.54) is 12.4 Å². The third kappa shape index (κ3) is 3.94. The van der Waals surface area contributed by atoms with Crippen LogP contribution in [-0.2, 0) is 18.3 Å². The summed E-state index contributed by atoms with van der Waals surface area (Å²) >= 11 is 0. The molecule has 36 heavy (non-hydrogen) atoms. The Morgan fingerprint density at radius 1 is 1.06 bits per heavy atom. The molecule has 0 bridgehead atoms. The average Bonchev–Trinajstić information content (AvgIpc) is 3.52. The Kier molecular flexibility index (Phi) is 5.56. The highest BCUT2D eigenvalue weighted by atomic mass is 16.7. The van der Waals surface area contributed by atoms with Crippen LogP contribution in [0.2, 0.25) is 0 Å². The van der Waals surface area contributed by atoms with Crippen molar-refractivity contribution in [2.45, 2.75) is 6.54 Å². The van der Waals surface area contributed by atoms with Gasteiger partial charge in [-0.3, -0.25) is 4.79 Å². The molecule has 1 aromatic carbocycles. The number of aryl methyl sites for hydroxylation is 1. The van der Waals surface area contributed by atoms with E-state index in [0.29, 0.717) is 48.6 Å². The summed E-state index contributed by atoms with van der Waals surface area (Å²) in [5.74, 6) is 4.01. The summed E-state index contributed by atoms with van der Waals surface area (Å²) in [7, 11) is 3.82. The summed E-state index contributed by atoms with van der Waals surface area (Å²) in [5, 5.41) is 0. The fraction of sp³-hybridized carbons (Fsp3) is 0.333. The van der Waals surface area contributed by atoms with Gasteiger partial charge in [-0.1, -0.05) is 0 Å². The summed E-state index contributed by atoms with van der Waals surface area (Å²) in [6, 6.07) is 5.71. The Bertz CT molecular complexity index is 1430. The predicted molar refractivity (Wildman–Crippen MR) is 130 cm³/mol. The minimum Gasteiger partial charge on any atom is -0.454 e. The van der Waals surface area contributed by atoms with E-state index in [2.05, 4.69) is 14.9 Å². The Balaban J connectivity index is 1.41. The van der Waals surface area contributed by atoms with Crippen LogP contribution in [0.1, 0.15) is 16.2 Å². The molecule has 2 aliphatic rings. The van der Waals surface area contributed by atoms with Crippen molar-refractivity contribution in [3.05, 3.63) is 42.0 Å². The second-order valence-electron chi connectivity index (χ2n) is 8.59. The molecule has 0 spiro atoms. The minimum atomic E-state index is 0.206. The molecule has 0 radical (unpaired) electrons. The minimum absolute atomic E-state index is 0.206. The highest BCUT2D eigenvalue weighted by Crippen LogP contribution is 2.36. The maximum atomic E-state index is 10.9. The van der Waals surface area contributed by atoms with Crippen LogP contribution in [0.5, 0.6) is 11.5 Å². The fourth-order valence-corrected chi connectivity index (χ4v) is 4.27. The lowest BCUT2D eigenvalue weighted by atomic mass is 10.2. The van der Waals surface area contributed by atoms with Gasteiger partial charge in [0.25, 0.3) is 0 Å². The quantitative estimate of drug-likeness (QED) is 0.370. The van der Waals surface area contributed by atoms with E-state index in [1.807, 2.05) is 41.8 Å². The molecular formula is C24H24N8O4. The van der Waals surface area contributed by atoms with Gasteiger partial charge < -0.3 is 28.6 Å². The van der Waals surface area contributed by atoms with Crippen LogP contribution < -0.4 is 19.3 Å². The predicted octanol–water partition coefficient (Wildman–Crippen LogP) is 1.83. The summed E-state index contributed by atoms with van der Waals surface area (Å²) in [4.78, 5) is 38.3. The van der Waals surface area contributed by atoms with Gasteiger partial charge in [-0.05, 0) is 18.2 Å². The number of aldehydes is 1. The number of nitrogens with zero attached hydrogens (tertiary/aromatic N) is 8. The first-order valence-corrected chi connectivity index (χ1v) is 11.5. The molecule has 0 aliphatic carbocycles. The molecule has 0 atom stereocenters. The molecule has 0 N–H and O–H groups in total. The topological polar surface area (TPSA) is 121 Å². The van der Waals surface area contributed by atoms with Crippen molar-refractivity contribution >= 4 is 29.2 Å². The third-order valence-electron chi connectivity index (χ3n) is 6.25. The van der Waals surface area contributed by atoms with E-state index in [0.717, 1.165) is 47.7 Å². The number of morpholine rings is 1. The lowest BCUT2D eigenvalue weighted by molar-refractivity contribution is 0.112. The van der Waals surface area contributed by atoms with E-state index in [-0.39, 0.29) is 6.79 Å². The van der Waals surface area contributed by atoms with Crippen LogP contribution >= 0.6 is 0 Å². The van der Waals surface area contributed by atoms with Crippen molar-refractivity contribution in [1.82, 2.24) is 29.5 Å². The number of fused-ring (bicyclic) bond motifs is 2. The van der Waals surface area contributed by atoms with E-state index < -0.39 is 0 Å². The lowest BCUT2D eigenvalue weighted by Gasteiger charge is -2.28. The maximum Gasteiger partial charge on any atom is 0.231 e. The molecule has 3 aromatic heterocycles. The van der Waals surface area contributed by atoms with Gasteiger partial charge in [0.1, 0.15) is 5.82 Å². The van der Waals surface area contributed by atoms with Gasteiger partial charge in [0.05, 0.1) is 25.3 Å². The van der Waals surface area contributed by atoms with E-state index >= 15 is 0 Å². The van der Waals surface area contributed by atoms with Gasteiger partial charge in [0, 0.05) is 45.1 Å². The van der Waals surface area contributed by atoms with Crippen molar-refractivity contribution in [2.24, 2.45) is 7.05 Å². The molecule has 4 aromatic rings. The number of benzene rings is 1. The summed E-state index contributed by atoms with van der Waals surface area (Å²) in [5.41, 5.74) is 2.71. The second-order valence-corrected chi connectivity index (χ2v) is 8.59. The Morgan fingerprint density at radius 2 is 1.83 bits per heavy atom. The zero-order valence-corrected chi connectivity index (χ0v) is 19.9. The molecule has 12 heteroatoms. The first-order chi connectivity index (χ1) is 17.6. The zero-order chi connectivity index (χ0) is 24.6. The number of ether oxygens (including phenoxy) is 3. The Hall–Kier alpha value is -4.32. The van der Waals surface area contributed by atoms with Crippen molar-refractivity contribution in [3.63, 3.8) is 0 Å². The first kappa shape index (κ1) is 22.2. The number of carbonyl (C=O) groups is 1. The number of anilines is 2. The van der Waals surface area contributed by atoms with Crippen LogP contribution in [0, 0.1) is 0 Å². The molecule has 0 unspecified atom stereocenters. The Labute approximate surface area is 206 Å². The molecule has 1 fully saturated rings. The van der Waals surface area contributed by atoms with Crippen LogP contribution in [0.15, 0.2) is 30.6 Å². The summed E-state index contributed by atoms with van der Waals surface area (Å²) in [6.45, 7) is 3.33. The molecule has 0 amide bonds. The van der Waals surface area contributed by atoms with Gasteiger partial charge in [-0.25, -0.2) is 24.9 Å². The number of aromatic nitrogens is 6. The number of hydrogen-bond donors (Lipinski definition) is 0. The van der Waals surface area contributed by atoms with Crippen molar-refractivity contribution < 1.29 is 19.0 Å². The maximum absolute atomic E-state index is 10.9. The van der Waals surface area contributed by atoms with Crippen LogP contribution in [0.4, 0.5) is 11.8 Å². The van der Waals surface area contributed by atoms with Crippen LogP contribution in [-0.4, -0.2) is 75.9 Å². The second kappa shape index (κ2) is 9.04. The van der Waals surface area contributed by atoms with E-state index in [4.69, 9.17) is 29.2 Å². The molecule has 2 aliphatic heterocycles. The molecule has 6 rings (SSSR count). The molecule has 184 valence electrons. The monoisotopic (exact) mass is 488 g/mol. The molecule has 12 nitrogen and oxygen atoms in total. The van der Waals surface area contributed by atoms with Gasteiger partial charge in [0.15, 0.2) is 40.6 Å². The van der Waals surface area contributed by atoms with Crippen LogP contribution in [0.25, 0.3) is 22.6 Å². The number of imidazole rings is 1. The standard InChI is InChI=1S/C24H24N8O4/c1-30(24-25-10-15(13-33)11-26-24)12-19-27-20-22(31(19)2)28-21(29-23(20)32-5-7-34-8-6-32)16-3-4-17-18(9-16)36-14-35-17/h3-4,9-11,13H,5-8,12,14H2,1-2H3. The molecular weight excluding hydrogens is 464 g/mol. The fourth-order valence-electron chi connectivity index (χ4n) is 4.27. The summed E-state index contributed by atoms with van der Waals surface area (Å²) < 4.78 is 18.5. The molecule has 1 saturated heterocycles. The highest BCUT2D eigenvalue weighted by molar-refractivity contribution is 5.86. The van der Waals surface area contributed by atoms with E-state index in [1.54, 1.807) is 0 Å².